The normalized spacial score (nSPS) is 24.8. The number of sulfonamides is 1. The van der Waals surface area contributed by atoms with Gasteiger partial charge in [0.25, 0.3) is 0 Å². The second-order valence-electron chi connectivity index (χ2n) is 5.05. The Balaban J connectivity index is 2.33. The van der Waals surface area contributed by atoms with Gasteiger partial charge in [0.2, 0.25) is 10.0 Å². The third kappa shape index (κ3) is 2.65. The van der Waals surface area contributed by atoms with Crippen LogP contribution in [0.25, 0.3) is 0 Å². The highest BCUT2D eigenvalue weighted by molar-refractivity contribution is 7.89. The number of nitrogens with zero attached hydrogens (tertiary/aromatic N) is 1. The molecule has 7 heteroatoms. The number of nitrogens with two attached hydrogens (primary N) is 1. The largest absolute Gasteiger partial charge is 0.395 e. The van der Waals surface area contributed by atoms with Crippen molar-refractivity contribution in [1.82, 2.24) is 4.31 Å². The lowest BCUT2D eigenvalue weighted by molar-refractivity contribution is 0.0184. The van der Waals surface area contributed by atoms with E-state index in [0.717, 1.165) is 6.07 Å². The second-order valence-corrected chi connectivity index (χ2v) is 6.96. The molecule has 2 rings (SSSR count). The SMILES string of the molecule is COC1CN(S(=O)(=O)c2cccc(F)c2N)CCC1C. The van der Waals surface area contributed by atoms with E-state index >= 15 is 0 Å². The van der Waals surface area contributed by atoms with Gasteiger partial charge in [-0.15, -0.1) is 0 Å². The Morgan fingerprint density at radius 3 is 2.80 bits per heavy atom. The van der Waals surface area contributed by atoms with Crippen molar-refractivity contribution in [2.75, 3.05) is 25.9 Å². The van der Waals surface area contributed by atoms with E-state index in [1.807, 2.05) is 6.92 Å². The summed E-state index contributed by atoms with van der Waals surface area (Å²) in [7, 11) is -2.23. The van der Waals surface area contributed by atoms with Crippen molar-refractivity contribution in [2.45, 2.75) is 24.3 Å². The van der Waals surface area contributed by atoms with Crippen LogP contribution < -0.4 is 5.73 Å². The lowest BCUT2D eigenvalue weighted by Gasteiger charge is -2.35. The van der Waals surface area contributed by atoms with Crippen LogP contribution in [0, 0.1) is 11.7 Å². The molecule has 1 heterocycles. The predicted octanol–water partition coefficient (Wildman–Crippen LogP) is 1.45. The Morgan fingerprint density at radius 1 is 1.45 bits per heavy atom. The fourth-order valence-electron chi connectivity index (χ4n) is 2.41. The molecular weight excluding hydrogens is 283 g/mol. The van der Waals surface area contributed by atoms with Gasteiger partial charge in [0.15, 0.2) is 0 Å². The standard InChI is InChI=1S/C13H19FN2O3S/c1-9-6-7-16(8-11(9)19-2)20(17,18)12-5-3-4-10(14)13(12)15/h3-5,9,11H,6-8,15H2,1-2H3. The number of ether oxygens (including phenoxy) is 1. The molecular formula is C13H19FN2O3S. The number of hydrogen-bond acceptors (Lipinski definition) is 4. The molecule has 0 spiro atoms. The summed E-state index contributed by atoms with van der Waals surface area (Å²) < 4.78 is 45.2. The van der Waals surface area contributed by atoms with Gasteiger partial charge in [0, 0.05) is 20.2 Å². The minimum atomic E-state index is -3.79. The Hall–Kier alpha value is -1.18. The summed E-state index contributed by atoms with van der Waals surface area (Å²) in [6.45, 7) is 2.67. The first-order chi connectivity index (χ1) is 9.37. The molecule has 112 valence electrons. The topological polar surface area (TPSA) is 72.6 Å². The summed E-state index contributed by atoms with van der Waals surface area (Å²) in [6.07, 6.45) is 0.542. The quantitative estimate of drug-likeness (QED) is 0.858. The van der Waals surface area contributed by atoms with Crippen LogP contribution in [0.4, 0.5) is 10.1 Å². The van der Waals surface area contributed by atoms with Crippen LogP contribution in [0.2, 0.25) is 0 Å². The smallest absolute Gasteiger partial charge is 0.245 e. The minimum Gasteiger partial charge on any atom is -0.395 e. The first-order valence-electron chi connectivity index (χ1n) is 6.45. The van der Waals surface area contributed by atoms with Crippen LogP contribution in [0.15, 0.2) is 23.1 Å². The molecule has 1 fully saturated rings. The highest BCUT2D eigenvalue weighted by Crippen LogP contribution is 2.28. The monoisotopic (exact) mass is 302 g/mol. The molecule has 1 aromatic carbocycles. The molecule has 0 saturated carbocycles. The summed E-state index contributed by atoms with van der Waals surface area (Å²) in [5.41, 5.74) is 5.22. The van der Waals surface area contributed by atoms with E-state index in [0.29, 0.717) is 13.0 Å². The lowest BCUT2D eigenvalue weighted by atomic mass is 9.97. The van der Waals surface area contributed by atoms with E-state index in [1.54, 1.807) is 7.11 Å². The number of methoxy groups -OCH3 is 1. The van der Waals surface area contributed by atoms with E-state index in [9.17, 15) is 12.8 Å². The van der Waals surface area contributed by atoms with Crippen molar-refractivity contribution in [3.8, 4) is 0 Å². The second kappa shape index (κ2) is 5.67. The van der Waals surface area contributed by atoms with Crippen molar-refractivity contribution >= 4 is 15.7 Å². The molecule has 1 aliphatic heterocycles. The van der Waals surface area contributed by atoms with Crippen LogP contribution >= 0.6 is 0 Å². The summed E-state index contributed by atoms with van der Waals surface area (Å²) in [5.74, 6) is -0.434. The predicted molar refractivity (Wildman–Crippen MR) is 74.1 cm³/mol. The Kier molecular flexibility index (Phi) is 4.31. The van der Waals surface area contributed by atoms with Gasteiger partial charge < -0.3 is 10.5 Å². The van der Waals surface area contributed by atoms with Gasteiger partial charge in [-0.05, 0) is 24.5 Å². The van der Waals surface area contributed by atoms with Crippen molar-refractivity contribution in [3.63, 3.8) is 0 Å². The molecule has 0 amide bonds. The molecule has 2 unspecified atom stereocenters. The first kappa shape index (κ1) is 15.2. The molecule has 0 radical (unpaired) electrons. The van der Waals surface area contributed by atoms with Crippen LogP contribution in [0.1, 0.15) is 13.3 Å². The van der Waals surface area contributed by atoms with Crippen LogP contribution in [-0.2, 0) is 14.8 Å². The number of anilines is 1. The number of nitrogen functional groups attached to an aromatic ring is 1. The van der Waals surface area contributed by atoms with E-state index in [-0.39, 0.29) is 29.1 Å². The molecule has 0 bridgehead atoms. The zero-order chi connectivity index (χ0) is 14.9. The maximum Gasteiger partial charge on any atom is 0.245 e. The average molecular weight is 302 g/mol. The van der Waals surface area contributed by atoms with Crippen LogP contribution in [0.5, 0.6) is 0 Å². The van der Waals surface area contributed by atoms with Crippen molar-refractivity contribution in [3.05, 3.63) is 24.0 Å². The molecule has 1 aromatic rings. The molecule has 0 aliphatic carbocycles. The van der Waals surface area contributed by atoms with Gasteiger partial charge >= 0.3 is 0 Å². The zero-order valence-corrected chi connectivity index (χ0v) is 12.4. The highest BCUT2D eigenvalue weighted by atomic mass is 32.2. The molecule has 1 saturated heterocycles. The van der Waals surface area contributed by atoms with Gasteiger partial charge in [-0.25, -0.2) is 12.8 Å². The molecule has 2 atom stereocenters. The van der Waals surface area contributed by atoms with Crippen LogP contribution in [0.3, 0.4) is 0 Å². The van der Waals surface area contributed by atoms with Gasteiger partial charge in [-0.1, -0.05) is 13.0 Å². The van der Waals surface area contributed by atoms with Gasteiger partial charge in [-0.2, -0.15) is 4.31 Å². The highest BCUT2D eigenvalue weighted by Gasteiger charge is 2.35. The number of rotatable bonds is 3. The maximum atomic E-state index is 13.4. The maximum absolute atomic E-state index is 13.4. The number of halogens is 1. The summed E-state index contributed by atoms with van der Waals surface area (Å²) in [5, 5.41) is 0. The summed E-state index contributed by atoms with van der Waals surface area (Å²) >= 11 is 0. The van der Waals surface area contributed by atoms with Crippen molar-refractivity contribution in [2.24, 2.45) is 5.92 Å². The number of benzene rings is 1. The van der Waals surface area contributed by atoms with Crippen molar-refractivity contribution in [1.29, 1.82) is 0 Å². The molecule has 2 N–H and O–H groups in total. The molecule has 20 heavy (non-hydrogen) atoms. The van der Waals surface area contributed by atoms with E-state index in [4.69, 9.17) is 10.5 Å². The Bertz CT molecular complexity index is 591. The molecule has 0 aromatic heterocycles. The van der Waals surface area contributed by atoms with Gasteiger partial charge in [0.1, 0.15) is 10.7 Å². The fourth-order valence-corrected chi connectivity index (χ4v) is 4.00. The Morgan fingerprint density at radius 2 is 2.15 bits per heavy atom. The first-order valence-corrected chi connectivity index (χ1v) is 7.89. The molecule has 1 aliphatic rings. The third-order valence-electron chi connectivity index (χ3n) is 3.79. The summed E-state index contributed by atoms with van der Waals surface area (Å²) in [6, 6.07) is 3.82. The van der Waals surface area contributed by atoms with E-state index < -0.39 is 15.8 Å². The van der Waals surface area contributed by atoms with Gasteiger partial charge in [0.05, 0.1) is 11.8 Å². The van der Waals surface area contributed by atoms with E-state index in [1.165, 1.54) is 16.4 Å². The van der Waals surface area contributed by atoms with Crippen molar-refractivity contribution < 1.29 is 17.5 Å². The Labute approximate surface area is 118 Å². The third-order valence-corrected chi connectivity index (χ3v) is 5.71. The number of hydrogen-bond donors (Lipinski definition) is 1. The van der Waals surface area contributed by atoms with Crippen LogP contribution in [-0.4, -0.2) is 39.0 Å². The summed E-state index contributed by atoms with van der Waals surface area (Å²) in [4.78, 5) is -0.179. The zero-order valence-electron chi connectivity index (χ0n) is 11.5. The van der Waals surface area contributed by atoms with E-state index in [2.05, 4.69) is 0 Å². The lowest BCUT2D eigenvalue weighted by Crippen LogP contribution is -2.46. The minimum absolute atomic E-state index is 0.159. The average Bonchev–Trinajstić information content (AvgIpc) is 2.42. The van der Waals surface area contributed by atoms with Gasteiger partial charge in [-0.3, -0.25) is 0 Å². The fraction of sp³-hybridized carbons (Fsp3) is 0.538. The molecule has 5 nitrogen and oxygen atoms in total. The number of piperidine rings is 1. The number of para-hydroxylation sites is 1.